The molecule has 3 aromatic carbocycles. The molecule has 0 radical (unpaired) electrons. The molecule has 1 heterocycles. The Morgan fingerprint density at radius 1 is 1.15 bits per heavy atom. The number of carbonyl (C=O) groups excluding carboxylic acids is 2. The topological polar surface area (TPSA) is 103 Å². The van der Waals surface area contributed by atoms with Crippen molar-refractivity contribution in [1.82, 2.24) is 0 Å². The number of hydrogen-bond acceptors (Lipinski definition) is 6. The molecule has 1 amide bonds. The molecule has 0 spiro atoms. The lowest BCUT2D eigenvalue weighted by Gasteiger charge is -2.37. The fourth-order valence-electron chi connectivity index (χ4n) is 5.46. The number of nitrogens with one attached hydrogen (secondary N) is 1. The molecule has 3 aromatic rings. The first-order chi connectivity index (χ1) is 19.2. The predicted octanol–water partition coefficient (Wildman–Crippen LogP) is 6.56. The molecule has 0 bridgehead atoms. The Labute approximate surface area is 232 Å². The molecule has 0 saturated carbocycles. The van der Waals surface area contributed by atoms with Gasteiger partial charge in [0.1, 0.15) is 29.6 Å². The molecule has 1 atom stereocenters. The van der Waals surface area contributed by atoms with Gasteiger partial charge in [0.05, 0.1) is 17.8 Å². The predicted molar refractivity (Wildman–Crippen MR) is 149 cm³/mol. The lowest BCUT2D eigenvalue weighted by atomic mass is 9.73. The molecule has 204 valence electrons. The number of hydrogen-bond donors (Lipinski definition) is 2. The number of aromatic hydroxyl groups is 1. The normalized spacial score (nSPS) is 17.7. The highest BCUT2D eigenvalue weighted by Gasteiger charge is 2.44. The number of halogens is 1. The number of Topliss-reactive ketones (excluding diaryl/α,β-unsaturated/α-hetero) is 1. The van der Waals surface area contributed by atoms with Crippen molar-refractivity contribution in [3.63, 3.8) is 0 Å². The summed E-state index contributed by atoms with van der Waals surface area (Å²) in [5, 5.41) is 23.2. The van der Waals surface area contributed by atoms with Gasteiger partial charge in [-0.1, -0.05) is 50.2 Å². The second kappa shape index (κ2) is 10.9. The molecule has 5 rings (SSSR count). The summed E-state index contributed by atoms with van der Waals surface area (Å²) in [5.41, 5.74) is 2.04. The number of allylic oxidation sites excluding steroid dienone is 1. The number of anilines is 2. The van der Waals surface area contributed by atoms with Crippen LogP contribution >= 0.6 is 0 Å². The number of nitriles is 1. The standard InChI is InChI=1S/C32H30FN3O4/c1-32(2)17-24-29(27(38)18-32)31(22-14-13-21(16-23(22)33)40-19-20-8-4-3-5-9-20)36(28(39)12-7-15-34)25-10-6-11-26(37)30(25)35-24/h3-6,8-11,13-14,16,31,35,37H,7,12,17-19H2,1-2H3. The first-order valence-electron chi connectivity index (χ1n) is 13.2. The Bertz CT molecular complexity index is 1540. The smallest absolute Gasteiger partial charge is 0.228 e. The van der Waals surface area contributed by atoms with Gasteiger partial charge in [0.25, 0.3) is 0 Å². The molecule has 40 heavy (non-hydrogen) atoms. The van der Waals surface area contributed by atoms with Crippen LogP contribution in [0.2, 0.25) is 0 Å². The second-order valence-corrected chi connectivity index (χ2v) is 10.9. The number of fused-ring (bicyclic) bond motifs is 1. The van der Waals surface area contributed by atoms with E-state index in [1.54, 1.807) is 18.2 Å². The molecule has 8 heteroatoms. The van der Waals surface area contributed by atoms with Gasteiger partial charge in [0.15, 0.2) is 5.78 Å². The summed E-state index contributed by atoms with van der Waals surface area (Å²) in [4.78, 5) is 28.8. The van der Waals surface area contributed by atoms with Crippen LogP contribution in [0.1, 0.15) is 56.7 Å². The van der Waals surface area contributed by atoms with Gasteiger partial charge in [-0.15, -0.1) is 0 Å². The third-order valence-electron chi connectivity index (χ3n) is 7.24. The van der Waals surface area contributed by atoms with Crippen LogP contribution in [-0.2, 0) is 16.2 Å². The summed E-state index contributed by atoms with van der Waals surface area (Å²) in [6, 6.07) is 19.5. The third-order valence-corrected chi connectivity index (χ3v) is 7.24. The van der Waals surface area contributed by atoms with E-state index in [4.69, 9.17) is 4.74 Å². The van der Waals surface area contributed by atoms with Crippen LogP contribution in [0.5, 0.6) is 11.5 Å². The minimum Gasteiger partial charge on any atom is -0.506 e. The Morgan fingerprint density at radius 2 is 1.93 bits per heavy atom. The molecule has 2 N–H and O–H groups in total. The highest BCUT2D eigenvalue weighted by molar-refractivity contribution is 6.07. The Morgan fingerprint density at radius 3 is 2.65 bits per heavy atom. The van der Waals surface area contributed by atoms with Crippen LogP contribution in [-0.4, -0.2) is 16.8 Å². The maximum absolute atomic E-state index is 16.0. The molecular formula is C32H30FN3O4. The number of phenolic OH excluding ortho intramolecular Hbond substituents is 1. The fraction of sp³-hybridized carbons (Fsp3) is 0.281. The van der Waals surface area contributed by atoms with Gasteiger partial charge in [-0.2, -0.15) is 5.26 Å². The van der Waals surface area contributed by atoms with Gasteiger partial charge in [0, 0.05) is 42.2 Å². The number of ether oxygens (including phenoxy) is 1. The number of benzene rings is 3. The summed E-state index contributed by atoms with van der Waals surface area (Å²) < 4.78 is 21.8. The number of para-hydroxylation sites is 1. The summed E-state index contributed by atoms with van der Waals surface area (Å²) >= 11 is 0. The summed E-state index contributed by atoms with van der Waals surface area (Å²) in [6.45, 7) is 4.19. The first-order valence-corrected chi connectivity index (χ1v) is 13.2. The van der Waals surface area contributed by atoms with Crippen molar-refractivity contribution in [2.45, 2.75) is 52.2 Å². The molecular weight excluding hydrogens is 509 g/mol. The van der Waals surface area contributed by atoms with E-state index in [0.717, 1.165) is 5.56 Å². The van der Waals surface area contributed by atoms with E-state index in [9.17, 15) is 20.0 Å². The van der Waals surface area contributed by atoms with Gasteiger partial charge in [0.2, 0.25) is 5.91 Å². The highest BCUT2D eigenvalue weighted by Crippen LogP contribution is 2.51. The third kappa shape index (κ3) is 5.28. The zero-order chi connectivity index (χ0) is 28.4. The first kappa shape index (κ1) is 26.9. The molecule has 1 aliphatic heterocycles. The van der Waals surface area contributed by atoms with E-state index in [2.05, 4.69) is 5.32 Å². The van der Waals surface area contributed by atoms with Crippen LogP contribution < -0.4 is 15.0 Å². The van der Waals surface area contributed by atoms with Crippen molar-refractivity contribution in [3.05, 3.63) is 94.9 Å². The van der Waals surface area contributed by atoms with E-state index < -0.39 is 17.8 Å². The lowest BCUT2D eigenvalue weighted by Crippen LogP contribution is -2.39. The Hall–Kier alpha value is -4.64. The molecule has 7 nitrogen and oxygen atoms in total. The molecule has 1 aliphatic carbocycles. The van der Waals surface area contributed by atoms with Crippen molar-refractivity contribution < 1.29 is 23.8 Å². The Balaban J connectivity index is 1.65. The summed E-state index contributed by atoms with van der Waals surface area (Å²) in [7, 11) is 0. The van der Waals surface area contributed by atoms with Gasteiger partial charge >= 0.3 is 0 Å². The van der Waals surface area contributed by atoms with Crippen LogP contribution in [0.15, 0.2) is 78.0 Å². The quantitative estimate of drug-likeness (QED) is 0.344. The van der Waals surface area contributed by atoms with E-state index >= 15 is 4.39 Å². The number of nitrogens with zero attached hydrogens (tertiary/aromatic N) is 2. The SMILES string of the molecule is CC1(C)CC(=O)C2=C(C1)Nc1c(O)cccc1N(C(=O)CCC#N)C2c1ccc(OCc2ccccc2)cc1F. The van der Waals surface area contributed by atoms with E-state index in [1.165, 1.54) is 23.1 Å². The number of amides is 1. The number of carbonyl (C=O) groups is 2. The van der Waals surface area contributed by atoms with E-state index in [0.29, 0.717) is 23.6 Å². The zero-order valence-electron chi connectivity index (χ0n) is 22.4. The van der Waals surface area contributed by atoms with Gasteiger partial charge in [-0.3, -0.25) is 14.5 Å². The van der Waals surface area contributed by atoms with Crippen molar-refractivity contribution in [1.29, 1.82) is 5.26 Å². The largest absolute Gasteiger partial charge is 0.506 e. The maximum Gasteiger partial charge on any atom is 0.228 e. The maximum atomic E-state index is 16.0. The average molecular weight is 540 g/mol. The zero-order valence-corrected chi connectivity index (χ0v) is 22.4. The fourth-order valence-corrected chi connectivity index (χ4v) is 5.46. The molecule has 2 aliphatic rings. The second-order valence-electron chi connectivity index (χ2n) is 10.9. The van der Waals surface area contributed by atoms with Crippen LogP contribution in [0.3, 0.4) is 0 Å². The minimum atomic E-state index is -1.11. The van der Waals surface area contributed by atoms with Crippen LogP contribution in [0.4, 0.5) is 15.8 Å². The van der Waals surface area contributed by atoms with Crippen molar-refractivity contribution in [3.8, 4) is 17.6 Å². The molecule has 0 aromatic heterocycles. The molecule has 0 fully saturated rings. The van der Waals surface area contributed by atoms with Crippen molar-refractivity contribution in [2.24, 2.45) is 5.41 Å². The highest BCUT2D eigenvalue weighted by atomic mass is 19.1. The molecule has 0 saturated heterocycles. The van der Waals surface area contributed by atoms with Gasteiger partial charge < -0.3 is 15.2 Å². The van der Waals surface area contributed by atoms with Crippen LogP contribution in [0.25, 0.3) is 0 Å². The molecule has 1 unspecified atom stereocenters. The monoisotopic (exact) mass is 539 g/mol. The van der Waals surface area contributed by atoms with Crippen molar-refractivity contribution in [2.75, 3.05) is 10.2 Å². The number of rotatable bonds is 6. The average Bonchev–Trinajstić information content (AvgIpc) is 3.06. The van der Waals surface area contributed by atoms with E-state index in [-0.39, 0.29) is 59.6 Å². The van der Waals surface area contributed by atoms with Crippen LogP contribution in [0, 0.1) is 22.6 Å². The van der Waals surface area contributed by atoms with E-state index in [1.807, 2.05) is 50.2 Å². The Kier molecular flexibility index (Phi) is 7.31. The van der Waals surface area contributed by atoms with Gasteiger partial charge in [-0.05, 0) is 41.7 Å². The van der Waals surface area contributed by atoms with Crippen molar-refractivity contribution >= 4 is 23.1 Å². The minimum absolute atomic E-state index is 0.0503. The lowest BCUT2D eigenvalue weighted by molar-refractivity contribution is -0.119. The summed E-state index contributed by atoms with van der Waals surface area (Å²) in [6.07, 6.45) is 0.487. The van der Waals surface area contributed by atoms with Gasteiger partial charge in [-0.25, -0.2) is 4.39 Å². The summed E-state index contributed by atoms with van der Waals surface area (Å²) in [5.74, 6) is -1.11. The number of ketones is 1. The number of phenols is 1.